The van der Waals surface area contributed by atoms with Crippen molar-refractivity contribution < 1.29 is 47.5 Å². The fourth-order valence-corrected chi connectivity index (χ4v) is 4.50. The Morgan fingerprint density at radius 2 is 1.54 bits per heavy atom. The smallest absolute Gasteiger partial charge is 0.497 e. The van der Waals surface area contributed by atoms with Crippen LogP contribution in [0.25, 0.3) is 0 Å². The number of rotatable bonds is 14. The largest absolute Gasteiger partial charge is 0.508 e. The lowest BCUT2D eigenvalue weighted by molar-refractivity contribution is -0.270. The lowest BCUT2D eigenvalue weighted by Crippen LogP contribution is -2.66. The van der Waals surface area contributed by atoms with E-state index in [4.69, 9.17) is 113 Å². The predicted octanol–water partition coefficient (Wildman–Crippen LogP) is 7.06. The molecule has 1 aliphatic heterocycles. The first-order chi connectivity index (χ1) is 22.7. The third kappa shape index (κ3) is 13.5. The van der Waals surface area contributed by atoms with E-state index in [1.54, 1.807) is 24.3 Å². The van der Waals surface area contributed by atoms with Gasteiger partial charge in [-0.1, -0.05) is 125 Å². The van der Waals surface area contributed by atoms with Crippen molar-refractivity contribution in [3.8, 4) is 5.75 Å². The number of amides is 1. The summed E-state index contributed by atoms with van der Waals surface area (Å²) >= 11 is 35.0. The molecule has 0 radical (unpaired) electrons. The molecule has 48 heavy (non-hydrogen) atoms. The average molecular weight is 793 g/mol. The highest BCUT2D eigenvalue weighted by atomic mass is 35.6. The van der Waals surface area contributed by atoms with E-state index >= 15 is 0 Å². The molecule has 1 amide bonds. The van der Waals surface area contributed by atoms with Crippen LogP contribution in [-0.4, -0.2) is 83.3 Å². The summed E-state index contributed by atoms with van der Waals surface area (Å²) in [7, 11) is 1.53. The molecule has 264 valence electrons. The van der Waals surface area contributed by atoms with Crippen molar-refractivity contribution in [3.63, 3.8) is 0 Å². The first-order valence-corrected chi connectivity index (χ1v) is 16.3. The Labute approximate surface area is 307 Å². The maximum absolute atomic E-state index is 13.0. The number of hydrogen-bond acceptors (Lipinski definition) is 11. The molecule has 1 fully saturated rings. The third-order valence-electron chi connectivity index (χ3n) is 6.36. The number of halogens is 6. The minimum atomic E-state index is -2.33. The van der Waals surface area contributed by atoms with Gasteiger partial charge in [-0.25, -0.2) is 9.59 Å². The Hall–Kier alpha value is -2.39. The van der Waals surface area contributed by atoms with E-state index < -0.39 is 69.6 Å². The molecule has 18 heteroatoms. The van der Waals surface area contributed by atoms with Crippen molar-refractivity contribution in [2.45, 2.75) is 51.4 Å². The van der Waals surface area contributed by atoms with Crippen molar-refractivity contribution >= 4 is 87.8 Å². The van der Waals surface area contributed by atoms with E-state index in [2.05, 4.69) is 11.9 Å². The van der Waals surface area contributed by atoms with Crippen LogP contribution in [0, 0.1) is 5.41 Å². The van der Waals surface area contributed by atoms with E-state index in [0.717, 1.165) is 5.56 Å². The lowest BCUT2D eigenvalue weighted by Gasteiger charge is -2.45. The predicted molar refractivity (Wildman–Crippen MR) is 180 cm³/mol. The summed E-state index contributed by atoms with van der Waals surface area (Å²) < 4.78 is 40.7. The summed E-state index contributed by atoms with van der Waals surface area (Å²) in [6.45, 7) is 2.30. The number of nitrogens with one attached hydrogen (secondary N) is 2. The van der Waals surface area contributed by atoms with E-state index in [0.29, 0.717) is 11.3 Å². The molecule has 0 saturated carbocycles. The molecular formula is C30H32Cl6N2O10. The van der Waals surface area contributed by atoms with Crippen molar-refractivity contribution in [1.82, 2.24) is 5.32 Å². The van der Waals surface area contributed by atoms with Gasteiger partial charge < -0.3 is 43.2 Å². The highest BCUT2D eigenvalue weighted by molar-refractivity contribution is 6.76. The van der Waals surface area contributed by atoms with Crippen molar-refractivity contribution in [1.29, 1.82) is 5.41 Å². The average Bonchev–Trinajstić information content (AvgIpc) is 3.04. The van der Waals surface area contributed by atoms with Gasteiger partial charge in [0.2, 0.25) is 16.0 Å². The molecular weight excluding hydrogens is 761 g/mol. The summed E-state index contributed by atoms with van der Waals surface area (Å²) in [5, 5.41) is 10.8. The molecule has 1 unspecified atom stereocenters. The van der Waals surface area contributed by atoms with Crippen LogP contribution in [0.1, 0.15) is 11.1 Å². The zero-order chi connectivity index (χ0) is 35.3. The topological polar surface area (TPSA) is 144 Å². The van der Waals surface area contributed by atoms with Crippen LogP contribution < -0.4 is 10.1 Å². The van der Waals surface area contributed by atoms with Crippen molar-refractivity contribution in [2.24, 2.45) is 0 Å². The monoisotopic (exact) mass is 790 g/mol. The van der Waals surface area contributed by atoms with Gasteiger partial charge in [-0.15, -0.1) is 0 Å². The molecule has 0 aliphatic carbocycles. The van der Waals surface area contributed by atoms with Crippen LogP contribution in [-0.2, 0) is 46.4 Å². The molecule has 1 saturated heterocycles. The maximum Gasteiger partial charge on any atom is 0.508 e. The zero-order valence-corrected chi connectivity index (χ0v) is 29.8. The van der Waals surface area contributed by atoms with Gasteiger partial charge in [0.15, 0.2) is 0 Å². The molecule has 2 aromatic rings. The molecule has 12 nitrogen and oxygen atoms in total. The molecule has 3 rings (SSSR count). The maximum atomic E-state index is 13.0. The van der Waals surface area contributed by atoms with Gasteiger partial charge in [0.1, 0.15) is 49.9 Å². The van der Waals surface area contributed by atoms with Crippen molar-refractivity contribution in [2.75, 3.05) is 26.9 Å². The van der Waals surface area contributed by atoms with E-state index in [1.807, 2.05) is 30.3 Å². The minimum absolute atomic E-state index is 0.0363. The molecule has 0 bridgehead atoms. The number of methoxy groups -OCH3 is 1. The number of hydrogen-bond donors (Lipinski definition) is 2. The second-order valence-electron chi connectivity index (χ2n) is 9.89. The number of carbonyl (C=O) groups is 2. The fraction of sp³-hybridized carbons (Fsp3) is 0.433. The molecule has 2 aromatic carbocycles. The molecule has 0 aromatic heterocycles. The van der Waals surface area contributed by atoms with Gasteiger partial charge in [0, 0.05) is 0 Å². The Kier molecular flexibility index (Phi) is 16.0. The van der Waals surface area contributed by atoms with E-state index in [9.17, 15) is 9.59 Å². The SMILES string of the molecule is C=CCOC(=O)OC[C@H]1OC(OC(=N)C(Cl)(Cl)Cl)[C@H](NC(=O)OCC(Cl)(Cl)Cl)[C@@H](OCc2ccc(OC)cc2)[C@@H]1OCc1ccccc1. The first kappa shape index (κ1) is 40.0. The van der Waals surface area contributed by atoms with Gasteiger partial charge in [-0.3, -0.25) is 5.41 Å². The molecule has 1 aliphatic rings. The standard InChI is InChI=1S/C30H32Cl6N2O10/c1-3-13-42-28(40)45-16-21-23(43-14-18-7-5-4-6-8-18)24(44-15-19-9-11-20(41-2)12-10-19)22(38-27(39)46-17-29(31,32)33)25(47-21)48-26(37)30(34,35)36/h3-12,21-25,37H,1,13-17H2,2H3,(H,38,39)/t21-,22-,23-,24-,25?/m1/s1. The zero-order valence-electron chi connectivity index (χ0n) is 25.3. The number of alkyl halides is 6. The molecule has 5 atom stereocenters. The Bertz CT molecular complexity index is 1340. The summed E-state index contributed by atoms with van der Waals surface area (Å²) in [4.78, 5) is 25.3. The van der Waals surface area contributed by atoms with Gasteiger partial charge in [-0.05, 0) is 23.3 Å². The number of benzene rings is 2. The van der Waals surface area contributed by atoms with E-state index in [1.165, 1.54) is 13.2 Å². The molecule has 1 heterocycles. The van der Waals surface area contributed by atoms with Crippen LogP contribution in [0.15, 0.2) is 67.3 Å². The van der Waals surface area contributed by atoms with Crippen LogP contribution in [0.2, 0.25) is 0 Å². The first-order valence-electron chi connectivity index (χ1n) is 14.0. The van der Waals surface area contributed by atoms with Crippen LogP contribution >= 0.6 is 69.6 Å². The molecule has 0 spiro atoms. The van der Waals surface area contributed by atoms with Gasteiger partial charge in [0.05, 0.1) is 20.3 Å². The van der Waals surface area contributed by atoms with Crippen LogP contribution in [0.4, 0.5) is 9.59 Å². The van der Waals surface area contributed by atoms with Gasteiger partial charge >= 0.3 is 12.2 Å². The Morgan fingerprint density at radius 1 is 0.917 bits per heavy atom. The van der Waals surface area contributed by atoms with E-state index in [-0.39, 0.29) is 19.8 Å². The highest BCUT2D eigenvalue weighted by Gasteiger charge is 2.51. The minimum Gasteiger partial charge on any atom is -0.497 e. The Balaban J connectivity index is 2.03. The van der Waals surface area contributed by atoms with Crippen LogP contribution in [0.3, 0.4) is 0 Å². The summed E-state index contributed by atoms with van der Waals surface area (Å²) in [6.07, 6.45) is -5.77. The third-order valence-corrected chi connectivity index (χ3v) is 7.20. The summed E-state index contributed by atoms with van der Waals surface area (Å²) in [6, 6.07) is 14.8. The highest BCUT2D eigenvalue weighted by Crippen LogP contribution is 2.34. The molecule has 2 N–H and O–H groups in total. The normalized spacial score (nSPS) is 21.0. The number of alkyl carbamates (subject to hydrolysis) is 1. The second-order valence-corrected chi connectivity index (χ2v) is 14.7. The number of carbonyl (C=O) groups excluding carboxylic acids is 2. The van der Waals surface area contributed by atoms with Crippen molar-refractivity contribution in [3.05, 3.63) is 78.4 Å². The summed E-state index contributed by atoms with van der Waals surface area (Å²) in [5.41, 5.74) is 1.48. The quantitative estimate of drug-likeness (QED) is 0.0671. The Morgan fingerprint density at radius 3 is 2.12 bits per heavy atom. The summed E-state index contributed by atoms with van der Waals surface area (Å²) in [5.74, 6) is -0.244. The lowest BCUT2D eigenvalue weighted by atomic mass is 9.96. The fourth-order valence-electron chi connectivity index (χ4n) is 4.20. The van der Waals surface area contributed by atoms with Gasteiger partial charge in [-0.2, -0.15) is 0 Å². The van der Waals surface area contributed by atoms with Gasteiger partial charge in [0.25, 0.3) is 3.79 Å². The van der Waals surface area contributed by atoms with Crippen LogP contribution in [0.5, 0.6) is 5.75 Å². The second kappa shape index (κ2) is 19.1. The number of ether oxygens (including phenoxy) is 8.